The molecule has 4 heteroatoms. The Labute approximate surface area is 113 Å². The molecule has 2 bridgehead atoms. The van der Waals surface area contributed by atoms with E-state index >= 15 is 0 Å². The molecule has 3 fully saturated rings. The fraction of sp³-hybridized carbons (Fsp3) is 0.667. The molecular formula is C15H22O4. The summed E-state index contributed by atoms with van der Waals surface area (Å²) in [6, 6.07) is 0. The van der Waals surface area contributed by atoms with Crippen LogP contribution < -0.4 is 0 Å². The monoisotopic (exact) mass is 266 g/mol. The molecule has 3 aliphatic carbocycles. The minimum Gasteiger partial charge on any atom is -0.478 e. The van der Waals surface area contributed by atoms with Gasteiger partial charge in [0.25, 0.3) is 0 Å². The highest BCUT2D eigenvalue weighted by Gasteiger charge is 2.57. The second kappa shape index (κ2) is 5.10. The Hall–Kier alpha value is -1.13. The molecule has 0 aromatic heterocycles. The quantitative estimate of drug-likeness (QED) is 0.523. The number of rotatable bonds is 5. The molecule has 106 valence electrons. The van der Waals surface area contributed by atoms with Crippen molar-refractivity contribution in [3.63, 3.8) is 0 Å². The highest BCUT2D eigenvalue weighted by molar-refractivity contribution is 5.85. The molecule has 3 N–H and O–H groups in total. The summed E-state index contributed by atoms with van der Waals surface area (Å²) in [5.41, 5.74) is 1.02. The van der Waals surface area contributed by atoms with E-state index in [4.69, 9.17) is 5.11 Å². The van der Waals surface area contributed by atoms with Gasteiger partial charge in [0.05, 0.1) is 6.10 Å². The van der Waals surface area contributed by atoms with Gasteiger partial charge in [-0.1, -0.05) is 12.2 Å². The van der Waals surface area contributed by atoms with Crippen molar-refractivity contribution in [1.82, 2.24) is 0 Å². The Bertz CT molecular complexity index is 424. The maximum atomic E-state index is 10.8. The summed E-state index contributed by atoms with van der Waals surface area (Å²) in [6.07, 6.45) is 4.05. The lowest BCUT2D eigenvalue weighted by Gasteiger charge is -2.60. The Morgan fingerprint density at radius 2 is 2.32 bits per heavy atom. The molecule has 0 aromatic rings. The molecule has 4 atom stereocenters. The number of aliphatic hydroxyl groups is 2. The van der Waals surface area contributed by atoms with Gasteiger partial charge in [-0.05, 0) is 50.5 Å². The first-order chi connectivity index (χ1) is 8.90. The average Bonchev–Trinajstić information content (AvgIpc) is 2.35. The van der Waals surface area contributed by atoms with Crippen molar-refractivity contribution >= 4 is 5.97 Å². The number of carbonyl (C=O) groups is 1. The minimum atomic E-state index is -1.02. The van der Waals surface area contributed by atoms with Crippen LogP contribution in [0.4, 0.5) is 0 Å². The Morgan fingerprint density at radius 3 is 2.79 bits per heavy atom. The lowest BCUT2D eigenvalue weighted by atomic mass is 9.44. The van der Waals surface area contributed by atoms with Gasteiger partial charge in [-0.25, -0.2) is 4.79 Å². The predicted octanol–water partition coefficient (Wildman–Crippen LogP) is 1.73. The number of carboxylic acid groups (broad SMARTS) is 1. The van der Waals surface area contributed by atoms with E-state index in [1.165, 1.54) is 18.6 Å². The van der Waals surface area contributed by atoms with Gasteiger partial charge in [-0.2, -0.15) is 0 Å². The number of carboxylic acids is 1. The largest absolute Gasteiger partial charge is 0.478 e. The van der Waals surface area contributed by atoms with E-state index < -0.39 is 12.1 Å². The van der Waals surface area contributed by atoms with Crippen LogP contribution in [0.2, 0.25) is 0 Å². The number of hydrogen-bond acceptors (Lipinski definition) is 3. The molecule has 4 nitrogen and oxygen atoms in total. The standard InChI is InChI=1S/C15H22O4/c1-9-3-4-11-6-13(9)15(11,8-16)7-12(17)5-10(2)14(18)19/h5,11-13,16-17H,1,3-4,6-8H2,2H3,(H,18,19)/b10-5+/t11-,12+,13-,15-/m0/s1. The Balaban J connectivity index is 2.10. The van der Waals surface area contributed by atoms with E-state index in [1.54, 1.807) is 0 Å². The molecular weight excluding hydrogens is 244 g/mol. The van der Waals surface area contributed by atoms with Gasteiger partial charge in [0.2, 0.25) is 0 Å². The van der Waals surface area contributed by atoms with Gasteiger partial charge in [0.1, 0.15) is 0 Å². The molecule has 3 aliphatic rings. The van der Waals surface area contributed by atoms with Crippen molar-refractivity contribution in [3.05, 3.63) is 23.8 Å². The maximum Gasteiger partial charge on any atom is 0.331 e. The number of allylic oxidation sites excluding steroid dienone is 1. The molecule has 0 aliphatic heterocycles. The maximum absolute atomic E-state index is 10.8. The Morgan fingerprint density at radius 1 is 1.63 bits per heavy atom. The van der Waals surface area contributed by atoms with E-state index in [9.17, 15) is 15.0 Å². The number of fused-ring (bicyclic) bond motifs is 2. The van der Waals surface area contributed by atoms with Gasteiger partial charge in [0, 0.05) is 17.6 Å². The molecule has 0 unspecified atom stereocenters. The van der Waals surface area contributed by atoms with Crippen LogP contribution in [0.25, 0.3) is 0 Å². The predicted molar refractivity (Wildman–Crippen MR) is 71.5 cm³/mol. The van der Waals surface area contributed by atoms with Gasteiger partial charge in [-0.3, -0.25) is 0 Å². The molecule has 0 heterocycles. The molecule has 0 aromatic carbocycles. The van der Waals surface area contributed by atoms with Crippen LogP contribution in [-0.4, -0.2) is 34.0 Å². The van der Waals surface area contributed by atoms with Crippen molar-refractivity contribution in [1.29, 1.82) is 0 Å². The summed E-state index contributed by atoms with van der Waals surface area (Å²) in [5.74, 6) is -0.305. The average molecular weight is 266 g/mol. The zero-order valence-electron chi connectivity index (χ0n) is 11.3. The van der Waals surface area contributed by atoms with E-state index in [2.05, 4.69) is 6.58 Å². The zero-order chi connectivity index (χ0) is 14.2. The van der Waals surface area contributed by atoms with Crippen molar-refractivity contribution in [3.8, 4) is 0 Å². The second-order valence-electron chi connectivity index (χ2n) is 6.00. The van der Waals surface area contributed by atoms with Crippen LogP contribution in [0.5, 0.6) is 0 Å². The SMILES string of the molecule is C=C1CC[C@H]2C[C@@H]1[C@]2(CO)C[C@H](O)/C=C(\C)C(=O)O. The number of aliphatic hydroxyl groups excluding tert-OH is 2. The third-order valence-electron chi connectivity index (χ3n) is 5.00. The van der Waals surface area contributed by atoms with Crippen LogP contribution >= 0.6 is 0 Å². The van der Waals surface area contributed by atoms with Crippen molar-refractivity contribution < 1.29 is 20.1 Å². The molecule has 0 spiro atoms. The Kier molecular flexibility index (Phi) is 3.83. The van der Waals surface area contributed by atoms with Crippen LogP contribution in [0.3, 0.4) is 0 Å². The van der Waals surface area contributed by atoms with Crippen LogP contribution in [0, 0.1) is 17.3 Å². The summed E-state index contributed by atoms with van der Waals surface area (Å²) in [4.78, 5) is 10.8. The number of hydrogen-bond donors (Lipinski definition) is 3. The first-order valence-electron chi connectivity index (χ1n) is 6.79. The molecule has 3 rings (SSSR count). The molecule has 19 heavy (non-hydrogen) atoms. The summed E-state index contributed by atoms with van der Waals surface area (Å²) in [7, 11) is 0. The summed E-state index contributed by atoms with van der Waals surface area (Å²) >= 11 is 0. The molecule has 0 amide bonds. The van der Waals surface area contributed by atoms with E-state index in [-0.39, 0.29) is 23.5 Å². The van der Waals surface area contributed by atoms with Gasteiger partial charge < -0.3 is 15.3 Å². The van der Waals surface area contributed by atoms with Crippen LogP contribution in [0.15, 0.2) is 23.8 Å². The van der Waals surface area contributed by atoms with E-state index in [0.29, 0.717) is 12.3 Å². The van der Waals surface area contributed by atoms with Gasteiger partial charge in [-0.15, -0.1) is 0 Å². The number of aliphatic carboxylic acids is 1. The first kappa shape index (κ1) is 14.3. The highest BCUT2D eigenvalue weighted by atomic mass is 16.4. The van der Waals surface area contributed by atoms with E-state index in [1.807, 2.05) is 0 Å². The van der Waals surface area contributed by atoms with Crippen molar-refractivity contribution in [2.24, 2.45) is 17.3 Å². The lowest BCUT2D eigenvalue weighted by Crippen LogP contribution is -2.56. The summed E-state index contributed by atoms with van der Waals surface area (Å²) < 4.78 is 0. The molecule has 0 radical (unpaired) electrons. The van der Waals surface area contributed by atoms with E-state index in [0.717, 1.165) is 19.3 Å². The minimum absolute atomic E-state index is 0.0401. The second-order valence-corrected chi connectivity index (χ2v) is 6.00. The van der Waals surface area contributed by atoms with Crippen LogP contribution in [-0.2, 0) is 4.79 Å². The van der Waals surface area contributed by atoms with Gasteiger partial charge in [0.15, 0.2) is 0 Å². The van der Waals surface area contributed by atoms with Crippen molar-refractivity contribution in [2.75, 3.05) is 6.61 Å². The fourth-order valence-electron chi connectivity index (χ4n) is 3.81. The first-order valence-corrected chi connectivity index (χ1v) is 6.79. The smallest absolute Gasteiger partial charge is 0.331 e. The molecule has 3 saturated carbocycles. The summed E-state index contributed by atoms with van der Waals surface area (Å²) in [5, 5.41) is 28.6. The third kappa shape index (κ3) is 2.35. The van der Waals surface area contributed by atoms with Crippen LogP contribution in [0.1, 0.15) is 32.6 Å². The highest BCUT2D eigenvalue weighted by Crippen LogP contribution is 2.63. The molecule has 0 saturated heterocycles. The summed E-state index contributed by atoms with van der Waals surface area (Å²) in [6.45, 7) is 5.58. The van der Waals surface area contributed by atoms with Gasteiger partial charge >= 0.3 is 5.97 Å². The fourth-order valence-corrected chi connectivity index (χ4v) is 3.81. The lowest BCUT2D eigenvalue weighted by molar-refractivity contribution is -0.132. The third-order valence-corrected chi connectivity index (χ3v) is 5.00. The topological polar surface area (TPSA) is 77.8 Å². The van der Waals surface area contributed by atoms with Crippen molar-refractivity contribution in [2.45, 2.75) is 38.7 Å². The normalized spacial score (nSPS) is 35.7. The zero-order valence-corrected chi connectivity index (χ0v) is 11.3.